The number of benzene rings is 1. The van der Waals surface area contributed by atoms with Crippen LogP contribution < -0.4 is 10.1 Å². The van der Waals surface area contributed by atoms with Gasteiger partial charge in [-0.2, -0.15) is 0 Å². The smallest absolute Gasteiger partial charge is 0.295 e. The minimum atomic E-state index is -0.320. The van der Waals surface area contributed by atoms with Crippen molar-refractivity contribution in [2.24, 2.45) is 0 Å². The van der Waals surface area contributed by atoms with Crippen molar-refractivity contribution in [1.82, 2.24) is 19.7 Å². The van der Waals surface area contributed by atoms with Crippen molar-refractivity contribution >= 4 is 44.2 Å². The molecule has 0 spiro atoms. The molecule has 0 bridgehead atoms. The number of halogens is 1. The van der Waals surface area contributed by atoms with Gasteiger partial charge in [0.2, 0.25) is 5.82 Å². The van der Waals surface area contributed by atoms with E-state index in [0.717, 1.165) is 29.9 Å². The van der Waals surface area contributed by atoms with Gasteiger partial charge >= 0.3 is 0 Å². The van der Waals surface area contributed by atoms with E-state index in [1.165, 1.54) is 11.3 Å². The van der Waals surface area contributed by atoms with Gasteiger partial charge in [0, 0.05) is 13.0 Å². The zero-order valence-corrected chi connectivity index (χ0v) is 13.7. The molecule has 3 heterocycles. The maximum Gasteiger partial charge on any atom is 0.295 e. The number of hydrogen-bond acceptors (Lipinski definition) is 6. The molecule has 9 heteroatoms. The summed E-state index contributed by atoms with van der Waals surface area (Å²) < 4.78 is 7.89. The van der Waals surface area contributed by atoms with Crippen molar-refractivity contribution in [1.29, 1.82) is 0 Å². The van der Waals surface area contributed by atoms with E-state index in [-0.39, 0.29) is 5.91 Å². The number of amides is 1. The lowest BCUT2D eigenvalue weighted by Gasteiger charge is -2.02. The van der Waals surface area contributed by atoms with E-state index in [9.17, 15) is 4.79 Å². The molecule has 0 aliphatic carbocycles. The topological polar surface area (TPSA) is 81.9 Å². The molecule has 3 aromatic rings. The van der Waals surface area contributed by atoms with Crippen molar-refractivity contribution < 1.29 is 9.53 Å². The summed E-state index contributed by atoms with van der Waals surface area (Å²) in [5.41, 5.74) is 0.631. The third-order valence-corrected chi connectivity index (χ3v) is 5.14. The minimum Gasteiger partial charge on any atom is -0.494 e. The lowest BCUT2D eigenvalue weighted by Crippen LogP contribution is -2.17. The molecule has 1 aliphatic rings. The molecular weight excluding hydrogens is 338 g/mol. The average molecular weight is 350 g/mol. The van der Waals surface area contributed by atoms with Crippen molar-refractivity contribution in [3.05, 3.63) is 28.8 Å². The maximum absolute atomic E-state index is 12.4. The molecule has 0 saturated carbocycles. The average Bonchev–Trinajstić information content (AvgIpc) is 3.21. The van der Waals surface area contributed by atoms with Gasteiger partial charge in [-0.3, -0.25) is 10.1 Å². The number of nitrogens with one attached hydrogen (secondary N) is 1. The van der Waals surface area contributed by atoms with E-state index < -0.39 is 0 Å². The number of ether oxygens (including phenoxy) is 1. The maximum atomic E-state index is 12.4. The molecule has 7 nitrogen and oxygen atoms in total. The Morgan fingerprint density at radius 1 is 1.43 bits per heavy atom. The van der Waals surface area contributed by atoms with E-state index in [2.05, 4.69) is 20.5 Å². The third kappa shape index (κ3) is 2.34. The Morgan fingerprint density at radius 2 is 2.30 bits per heavy atom. The monoisotopic (exact) mass is 349 g/mol. The summed E-state index contributed by atoms with van der Waals surface area (Å²) in [5, 5.41) is 11.8. The summed E-state index contributed by atoms with van der Waals surface area (Å²) in [4.78, 5) is 16.8. The van der Waals surface area contributed by atoms with Gasteiger partial charge in [-0.1, -0.05) is 22.9 Å². The second-order valence-corrected chi connectivity index (χ2v) is 6.50. The standard InChI is InChI=1S/C14H12ClN5O2S/c1-22-8-5-4-7(15)11-10(8)16-14(23-11)17-13(21)12-19-18-9-3-2-6-20(9)12/h4-5H,2-3,6H2,1H3,(H,16,17,21). The molecule has 0 atom stereocenters. The van der Waals surface area contributed by atoms with Gasteiger partial charge in [0.05, 0.1) is 16.8 Å². The molecule has 1 N–H and O–H groups in total. The van der Waals surface area contributed by atoms with Crippen LogP contribution in [0.15, 0.2) is 12.1 Å². The fourth-order valence-corrected chi connectivity index (χ4v) is 3.79. The first-order valence-electron chi connectivity index (χ1n) is 7.04. The van der Waals surface area contributed by atoms with Gasteiger partial charge < -0.3 is 9.30 Å². The van der Waals surface area contributed by atoms with Crippen LogP contribution >= 0.6 is 22.9 Å². The molecular formula is C14H12ClN5O2S. The number of nitrogens with zero attached hydrogens (tertiary/aromatic N) is 4. The highest BCUT2D eigenvalue weighted by Crippen LogP contribution is 2.37. The van der Waals surface area contributed by atoms with Crippen LogP contribution in [-0.2, 0) is 13.0 Å². The predicted molar refractivity (Wildman–Crippen MR) is 87.5 cm³/mol. The molecule has 1 aromatic carbocycles. The zero-order chi connectivity index (χ0) is 16.0. The van der Waals surface area contributed by atoms with Gasteiger partial charge in [0.15, 0.2) is 5.13 Å². The molecule has 4 rings (SSSR count). The van der Waals surface area contributed by atoms with Crippen molar-refractivity contribution in [2.45, 2.75) is 19.4 Å². The van der Waals surface area contributed by atoms with E-state index in [4.69, 9.17) is 16.3 Å². The van der Waals surface area contributed by atoms with E-state index in [1.807, 2.05) is 4.57 Å². The van der Waals surface area contributed by atoms with Crippen molar-refractivity contribution in [3.63, 3.8) is 0 Å². The number of carbonyl (C=O) groups excluding carboxylic acids is 1. The van der Waals surface area contributed by atoms with Crippen LogP contribution in [0.25, 0.3) is 10.2 Å². The molecule has 0 fully saturated rings. The Bertz CT molecular complexity index is 919. The Labute approximate surface area is 140 Å². The van der Waals surface area contributed by atoms with Crippen LogP contribution in [0.2, 0.25) is 5.02 Å². The first-order valence-corrected chi connectivity index (χ1v) is 8.23. The predicted octanol–water partition coefficient (Wildman–Crippen LogP) is 2.75. The van der Waals surface area contributed by atoms with Gasteiger partial charge in [-0.25, -0.2) is 4.98 Å². The summed E-state index contributed by atoms with van der Waals surface area (Å²) in [6, 6.07) is 3.50. The zero-order valence-electron chi connectivity index (χ0n) is 12.2. The lowest BCUT2D eigenvalue weighted by molar-refractivity contribution is 0.101. The van der Waals surface area contributed by atoms with Crippen molar-refractivity contribution in [3.8, 4) is 5.75 Å². The fraction of sp³-hybridized carbons (Fsp3) is 0.286. The number of hydrogen-bond donors (Lipinski definition) is 1. The van der Waals surface area contributed by atoms with Crippen molar-refractivity contribution in [2.75, 3.05) is 12.4 Å². The van der Waals surface area contributed by atoms with E-state index >= 15 is 0 Å². The number of fused-ring (bicyclic) bond motifs is 2. The largest absolute Gasteiger partial charge is 0.494 e. The summed E-state index contributed by atoms with van der Waals surface area (Å²) in [6.45, 7) is 0.768. The number of rotatable bonds is 3. The summed E-state index contributed by atoms with van der Waals surface area (Å²) in [7, 11) is 1.57. The summed E-state index contributed by atoms with van der Waals surface area (Å²) in [6.07, 6.45) is 1.84. The normalized spacial score (nSPS) is 13.3. The quantitative estimate of drug-likeness (QED) is 0.786. The lowest BCUT2D eigenvalue weighted by atomic mass is 10.3. The van der Waals surface area contributed by atoms with Gasteiger partial charge in [0.1, 0.15) is 17.1 Å². The molecule has 0 saturated heterocycles. The number of aryl methyl sites for hydroxylation is 1. The van der Waals surface area contributed by atoms with E-state index in [0.29, 0.717) is 27.2 Å². The van der Waals surface area contributed by atoms with E-state index in [1.54, 1.807) is 19.2 Å². The van der Waals surface area contributed by atoms with Gasteiger partial charge in [-0.15, -0.1) is 10.2 Å². The second-order valence-electron chi connectivity index (χ2n) is 5.10. The van der Waals surface area contributed by atoms with Gasteiger partial charge in [-0.05, 0) is 18.6 Å². The second kappa shape index (κ2) is 5.47. The number of carbonyl (C=O) groups is 1. The Hall–Kier alpha value is -2.19. The van der Waals surface area contributed by atoms with Crippen LogP contribution in [-0.4, -0.2) is 32.8 Å². The Kier molecular flexibility index (Phi) is 3.42. The third-order valence-electron chi connectivity index (χ3n) is 3.71. The number of thiazole rings is 1. The highest BCUT2D eigenvalue weighted by Gasteiger charge is 2.23. The van der Waals surface area contributed by atoms with Crippen LogP contribution in [0.3, 0.4) is 0 Å². The SMILES string of the molecule is COc1ccc(Cl)c2sc(NC(=O)c3nnc4n3CCC4)nc12. The Balaban J connectivity index is 1.67. The highest BCUT2D eigenvalue weighted by molar-refractivity contribution is 7.23. The molecule has 0 radical (unpaired) electrons. The highest BCUT2D eigenvalue weighted by atomic mass is 35.5. The number of methoxy groups -OCH3 is 1. The molecule has 0 unspecified atom stereocenters. The molecule has 2 aromatic heterocycles. The summed E-state index contributed by atoms with van der Waals surface area (Å²) in [5.74, 6) is 1.46. The molecule has 1 amide bonds. The molecule has 23 heavy (non-hydrogen) atoms. The first kappa shape index (κ1) is 14.4. The van der Waals surface area contributed by atoms with Crippen LogP contribution in [0.1, 0.15) is 22.9 Å². The van der Waals surface area contributed by atoms with Crippen LogP contribution in [0.4, 0.5) is 5.13 Å². The van der Waals surface area contributed by atoms with Gasteiger partial charge in [0.25, 0.3) is 5.91 Å². The minimum absolute atomic E-state index is 0.315. The molecule has 1 aliphatic heterocycles. The van der Waals surface area contributed by atoms with Crippen LogP contribution in [0, 0.1) is 0 Å². The number of aromatic nitrogens is 4. The number of anilines is 1. The first-order chi connectivity index (χ1) is 11.2. The fourth-order valence-electron chi connectivity index (χ4n) is 2.64. The Morgan fingerprint density at radius 3 is 3.13 bits per heavy atom. The molecule has 118 valence electrons. The van der Waals surface area contributed by atoms with Crippen LogP contribution in [0.5, 0.6) is 5.75 Å². The summed E-state index contributed by atoms with van der Waals surface area (Å²) >= 11 is 7.49.